The van der Waals surface area contributed by atoms with E-state index < -0.39 is 11.5 Å². The monoisotopic (exact) mass is 490 g/mol. The average molecular weight is 491 g/mol. The number of carbonyl (C=O) groups is 1. The van der Waals surface area contributed by atoms with E-state index in [2.05, 4.69) is 15.6 Å². The zero-order valence-corrected chi connectivity index (χ0v) is 20.0. The van der Waals surface area contributed by atoms with Crippen molar-refractivity contribution < 1.29 is 9.53 Å². The molecule has 9 heteroatoms. The third-order valence-corrected chi connectivity index (χ3v) is 6.20. The number of fused-ring (bicyclic) bond motifs is 4. The lowest BCUT2D eigenvalue weighted by Gasteiger charge is -2.11. The van der Waals surface area contributed by atoms with Gasteiger partial charge in [-0.2, -0.15) is 5.10 Å². The molecule has 9 nitrogen and oxygen atoms in total. The summed E-state index contributed by atoms with van der Waals surface area (Å²) >= 11 is 0. The topological polar surface area (TPSA) is 103 Å². The Morgan fingerprint density at radius 3 is 2.57 bits per heavy atom. The maximum absolute atomic E-state index is 13.2. The van der Waals surface area contributed by atoms with Crippen molar-refractivity contribution in [3.63, 3.8) is 0 Å². The van der Waals surface area contributed by atoms with Crippen LogP contribution in [0, 0.1) is 0 Å². The van der Waals surface area contributed by atoms with Crippen molar-refractivity contribution in [1.29, 1.82) is 0 Å². The number of aromatic nitrogens is 5. The Hall–Kier alpha value is -5.05. The minimum Gasteiger partial charge on any atom is -0.483 e. The van der Waals surface area contributed by atoms with Crippen LogP contribution in [0.25, 0.3) is 38.6 Å². The quantitative estimate of drug-likeness (QED) is 0.379. The molecule has 0 fully saturated rings. The summed E-state index contributed by atoms with van der Waals surface area (Å²) in [6, 6.07) is 24.9. The molecule has 1 amide bonds. The van der Waals surface area contributed by atoms with Crippen molar-refractivity contribution in [2.75, 3.05) is 12.0 Å². The maximum Gasteiger partial charge on any atom is 0.299 e. The number of pyridine rings is 1. The number of aryl methyl sites for hydroxylation is 1. The summed E-state index contributed by atoms with van der Waals surface area (Å²) in [5, 5.41) is 15.2. The second-order valence-corrected chi connectivity index (χ2v) is 8.50. The van der Waals surface area contributed by atoms with Crippen LogP contribution < -0.4 is 15.7 Å². The first-order valence-corrected chi connectivity index (χ1v) is 11.9. The molecule has 0 aliphatic carbocycles. The number of rotatable bonds is 6. The molecule has 0 saturated heterocycles. The highest BCUT2D eigenvalue weighted by Crippen LogP contribution is 2.29. The van der Waals surface area contributed by atoms with Gasteiger partial charge in [-0.3, -0.25) is 15.0 Å². The van der Waals surface area contributed by atoms with E-state index in [0.29, 0.717) is 23.3 Å². The second-order valence-electron chi connectivity index (χ2n) is 8.50. The summed E-state index contributed by atoms with van der Waals surface area (Å²) in [5.74, 6) is 0.106. The first-order valence-electron chi connectivity index (χ1n) is 11.9. The molecule has 0 radical (unpaired) electrons. The van der Waals surface area contributed by atoms with Crippen LogP contribution in [0.5, 0.6) is 5.75 Å². The molecular formula is C28H22N6O3. The van der Waals surface area contributed by atoms with E-state index >= 15 is 0 Å². The minimum atomic E-state index is -0.514. The van der Waals surface area contributed by atoms with E-state index in [0.717, 1.165) is 32.3 Å². The van der Waals surface area contributed by atoms with Crippen molar-refractivity contribution in [1.82, 2.24) is 24.5 Å². The van der Waals surface area contributed by atoms with E-state index in [4.69, 9.17) is 9.84 Å². The van der Waals surface area contributed by atoms with Crippen LogP contribution >= 0.6 is 0 Å². The molecule has 3 aromatic heterocycles. The Morgan fingerprint density at radius 1 is 0.946 bits per heavy atom. The van der Waals surface area contributed by atoms with Gasteiger partial charge in [0.25, 0.3) is 11.5 Å². The minimum absolute atomic E-state index is 0.0926. The van der Waals surface area contributed by atoms with E-state index in [-0.39, 0.29) is 12.1 Å². The largest absolute Gasteiger partial charge is 0.483 e. The summed E-state index contributed by atoms with van der Waals surface area (Å²) < 4.78 is 8.46. The lowest BCUT2D eigenvalue weighted by atomic mass is 10.0. The predicted octanol–water partition coefficient (Wildman–Crippen LogP) is 3.97. The van der Waals surface area contributed by atoms with Gasteiger partial charge in [-0.25, -0.2) is 9.19 Å². The van der Waals surface area contributed by atoms with Gasteiger partial charge >= 0.3 is 0 Å². The molecule has 0 bridgehead atoms. The maximum atomic E-state index is 13.2. The number of nitrogens with one attached hydrogen (secondary N) is 1. The summed E-state index contributed by atoms with van der Waals surface area (Å²) in [6.07, 6.45) is 2.18. The molecule has 6 aromatic rings. The molecule has 0 spiro atoms. The zero-order chi connectivity index (χ0) is 25.4. The number of nitrogens with zero attached hydrogens (tertiary/aromatic N) is 5. The van der Waals surface area contributed by atoms with E-state index in [1.165, 1.54) is 6.20 Å². The molecule has 0 atom stereocenters. The summed E-state index contributed by atoms with van der Waals surface area (Å²) in [7, 11) is 0. The zero-order valence-electron chi connectivity index (χ0n) is 20.0. The number of ether oxygens (including phenoxy) is 1. The van der Waals surface area contributed by atoms with Crippen LogP contribution in [0.4, 0.5) is 0 Å². The van der Waals surface area contributed by atoms with Gasteiger partial charge in [-0.05, 0) is 29.5 Å². The van der Waals surface area contributed by atoms with E-state index in [9.17, 15) is 9.59 Å². The Bertz CT molecular complexity index is 1840. The first kappa shape index (κ1) is 22.4. The lowest BCUT2D eigenvalue weighted by molar-refractivity contribution is -0.119. The van der Waals surface area contributed by atoms with Gasteiger partial charge in [0.05, 0.1) is 11.3 Å². The van der Waals surface area contributed by atoms with Crippen molar-refractivity contribution in [3.05, 3.63) is 101 Å². The lowest BCUT2D eigenvalue weighted by Crippen LogP contribution is -2.35. The third-order valence-electron chi connectivity index (χ3n) is 6.20. The van der Waals surface area contributed by atoms with E-state index in [1.807, 2.05) is 73.7 Å². The van der Waals surface area contributed by atoms with Crippen LogP contribution in [0.3, 0.4) is 0 Å². The molecule has 0 saturated carbocycles. The molecule has 1 N–H and O–H groups in total. The van der Waals surface area contributed by atoms with Crippen LogP contribution in [0.1, 0.15) is 12.6 Å². The Kier molecular flexibility index (Phi) is 5.57. The van der Waals surface area contributed by atoms with Crippen molar-refractivity contribution in [3.8, 4) is 16.9 Å². The predicted molar refractivity (Wildman–Crippen MR) is 141 cm³/mol. The molecule has 182 valence electrons. The van der Waals surface area contributed by atoms with Gasteiger partial charge in [0.15, 0.2) is 17.8 Å². The third kappa shape index (κ3) is 3.96. The Balaban J connectivity index is 1.30. The first-order chi connectivity index (χ1) is 18.1. The highest BCUT2D eigenvalue weighted by Gasteiger charge is 2.19. The molecule has 0 aliphatic heterocycles. The highest BCUT2D eigenvalue weighted by molar-refractivity contribution is 5.90. The number of carbonyl (C=O) groups excluding carboxylic acids is 1. The highest BCUT2D eigenvalue weighted by atomic mass is 16.5. The molecule has 3 heterocycles. The summed E-state index contributed by atoms with van der Waals surface area (Å²) in [5.41, 5.74) is 5.95. The van der Waals surface area contributed by atoms with Gasteiger partial charge in [-0.1, -0.05) is 73.7 Å². The van der Waals surface area contributed by atoms with Crippen LogP contribution in [-0.2, 0) is 11.2 Å². The second kappa shape index (κ2) is 9.19. The van der Waals surface area contributed by atoms with Gasteiger partial charge in [-0.15, -0.1) is 10.2 Å². The van der Waals surface area contributed by atoms with Crippen LogP contribution in [0.2, 0.25) is 0 Å². The fraction of sp³-hybridized carbons (Fsp3) is 0.107. The Morgan fingerprint density at radius 2 is 1.73 bits per heavy atom. The normalized spacial score (nSPS) is 11.3. The van der Waals surface area contributed by atoms with Gasteiger partial charge in [0.1, 0.15) is 11.3 Å². The Labute approximate surface area is 210 Å². The number of amides is 1. The average Bonchev–Trinajstić information content (AvgIpc) is 3.33. The van der Waals surface area contributed by atoms with Crippen molar-refractivity contribution in [2.45, 2.75) is 13.3 Å². The van der Waals surface area contributed by atoms with Gasteiger partial charge in [0.2, 0.25) is 0 Å². The standard InChI is InChI=1S/C28H22N6O3/c1-2-21-25(19-10-4-3-5-11-19)27-30-29-26-22(34(27)31-21)15-16-33(28(26)36)32-24(35)17-37-23-14-8-12-18-9-6-7-13-20(18)23/h3-16H,2,17H2,1H3,(H,32,35). The number of hydrogen-bond acceptors (Lipinski definition) is 6. The smallest absolute Gasteiger partial charge is 0.299 e. The van der Waals surface area contributed by atoms with Crippen molar-refractivity contribution >= 4 is 33.4 Å². The van der Waals surface area contributed by atoms with Crippen LogP contribution in [-0.4, -0.2) is 37.0 Å². The molecule has 0 unspecified atom stereocenters. The molecule has 0 aliphatic rings. The molecule has 37 heavy (non-hydrogen) atoms. The van der Waals surface area contributed by atoms with Crippen molar-refractivity contribution in [2.24, 2.45) is 0 Å². The molecule has 6 rings (SSSR count). The van der Waals surface area contributed by atoms with Crippen LogP contribution in [0.15, 0.2) is 89.9 Å². The molecule has 3 aromatic carbocycles. The van der Waals surface area contributed by atoms with Gasteiger partial charge < -0.3 is 4.74 Å². The fourth-order valence-corrected chi connectivity index (χ4v) is 4.46. The number of hydrogen-bond donors (Lipinski definition) is 1. The molecular weight excluding hydrogens is 468 g/mol. The van der Waals surface area contributed by atoms with E-state index in [1.54, 1.807) is 16.6 Å². The fourth-order valence-electron chi connectivity index (χ4n) is 4.46. The SMILES string of the molecule is CCc1nn2c(nnc3c(=O)n(NC(=O)COc4cccc5ccccc45)ccc32)c1-c1ccccc1. The summed E-state index contributed by atoms with van der Waals surface area (Å²) in [4.78, 5) is 25.8. The van der Waals surface area contributed by atoms with Gasteiger partial charge in [0, 0.05) is 11.6 Å². The summed E-state index contributed by atoms with van der Waals surface area (Å²) in [6.45, 7) is 1.76. The number of benzene rings is 3.